The summed E-state index contributed by atoms with van der Waals surface area (Å²) in [5.41, 5.74) is 2.06. The van der Waals surface area contributed by atoms with Crippen molar-refractivity contribution >= 4 is 17.3 Å². The Morgan fingerprint density at radius 2 is 1.78 bits per heavy atom. The van der Waals surface area contributed by atoms with Crippen molar-refractivity contribution in [3.8, 4) is 0 Å². The van der Waals surface area contributed by atoms with Crippen LogP contribution in [0.4, 0.5) is 15.8 Å². The van der Waals surface area contributed by atoms with Gasteiger partial charge < -0.3 is 10.4 Å². The minimum Gasteiger partial charge on any atom is -0.481 e. The lowest BCUT2D eigenvalue weighted by atomic mass is 10.1. The molecule has 0 radical (unpaired) electrons. The molecule has 2 rings (SSSR count). The van der Waals surface area contributed by atoms with Gasteiger partial charge in [-0.05, 0) is 35.9 Å². The van der Waals surface area contributed by atoms with Crippen LogP contribution in [-0.4, -0.2) is 11.1 Å². The first-order chi connectivity index (χ1) is 8.63. The smallest absolute Gasteiger partial charge is 0.307 e. The van der Waals surface area contributed by atoms with Crippen LogP contribution in [-0.2, 0) is 11.2 Å². The number of benzene rings is 2. The number of carbonyl (C=O) groups is 1. The summed E-state index contributed by atoms with van der Waals surface area (Å²) in [5.74, 6) is -1.19. The van der Waals surface area contributed by atoms with Crippen molar-refractivity contribution in [2.24, 2.45) is 0 Å². The largest absolute Gasteiger partial charge is 0.481 e. The number of aliphatic carboxylic acids is 1. The Balaban J connectivity index is 2.16. The van der Waals surface area contributed by atoms with E-state index in [1.807, 2.05) is 0 Å². The number of rotatable bonds is 4. The summed E-state index contributed by atoms with van der Waals surface area (Å²) in [6.45, 7) is 0. The van der Waals surface area contributed by atoms with E-state index in [0.717, 1.165) is 5.69 Å². The summed E-state index contributed by atoms with van der Waals surface area (Å²) in [6.07, 6.45) is -0.0291. The molecule has 0 saturated heterocycles. The van der Waals surface area contributed by atoms with Gasteiger partial charge in [0.25, 0.3) is 0 Å². The lowest BCUT2D eigenvalue weighted by Crippen LogP contribution is -2.00. The van der Waals surface area contributed by atoms with Crippen LogP contribution in [0.5, 0.6) is 0 Å². The van der Waals surface area contributed by atoms with Gasteiger partial charge >= 0.3 is 5.97 Å². The normalized spacial score (nSPS) is 10.1. The fourth-order valence-corrected chi connectivity index (χ4v) is 1.67. The molecule has 0 aliphatic rings. The first-order valence-electron chi connectivity index (χ1n) is 5.47. The fraction of sp³-hybridized carbons (Fsp3) is 0.0714. The Kier molecular flexibility index (Phi) is 3.57. The zero-order valence-electron chi connectivity index (χ0n) is 9.56. The van der Waals surface area contributed by atoms with E-state index in [0.29, 0.717) is 11.3 Å². The van der Waals surface area contributed by atoms with Crippen molar-refractivity contribution in [1.29, 1.82) is 0 Å². The molecule has 0 spiro atoms. The Labute approximate surface area is 104 Å². The van der Waals surface area contributed by atoms with Crippen molar-refractivity contribution < 1.29 is 14.3 Å². The minimum absolute atomic E-state index is 0.0291. The molecule has 0 aliphatic carbocycles. The molecule has 0 saturated carbocycles. The monoisotopic (exact) mass is 245 g/mol. The van der Waals surface area contributed by atoms with E-state index in [4.69, 9.17) is 5.11 Å². The maximum atomic E-state index is 13.0. The van der Waals surface area contributed by atoms with Crippen molar-refractivity contribution in [3.63, 3.8) is 0 Å². The van der Waals surface area contributed by atoms with Crippen molar-refractivity contribution in [2.45, 2.75) is 6.42 Å². The van der Waals surface area contributed by atoms with Crippen molar-refractivity contribution in [3.05, 3.63) is 59.9 Å². The molecule has 0 fully saturated rings. The second kappa shape index (κ2) is 5.31. The molecule has 0 bridgehead atoms. The van der Waals surface area contributed by atoms with Crippen LogP contribution in [0.3, 0.4) is 0 Å². The zero-order chi connectivity index (χ0) is 13.0. The molecular formula is C14H12FNO2. The molecule has 0 aromatic heterocycles. The van der Waals surface area contributed by atoms with Crippen LogP contribution >= 0.6 is 0 Å². The molecule has 0 aliphatic heterocycles. The van der Waals surface area contributed by atoms with Gasteiger partial charge in [-0.1, -0.05) is 18.2 Å². The minimum atomic E-state index is -0.877. The van der Waals surface area contributed by atoms with Gasteiger partial charge in [-0.2, -0.15) is 0 Å². The molecule has 0 amide bonds. The molecule has 92 valence electrons. The van der Waals surface area contributed by atoms with Crippen molar-refractivity contribution in [1.82, 2.24) is 0 Å². The molecule has 4 heteroatoms. The van der Waals surface area contributed by atoms with Crippen LogP contribution in [0.2, 0.25) is 0 Å². The van der Waals surface area contributed by atoms with Gasteiger partial charge in [0.1, 0.15) is 5.82 Å². The number of carboxylic acid groups (broad SMARTS) is 1. The molecular weight excluding hydrogens is 233 g/mol. The van der Waals surface area contributed by atoms with Gasteiger partial charge in [0.15, 0.2) is 0 Å². The third kappa shape index (κ3) is 3.31. The van der Waals surface area contributed by atoms with Gasteiger partial charge in [-0.3, -0.25) is 4.79 Å². The molecule has 0 atom stereocenters. The van der Waals surface area contributed by atoms with E-state index >= 15 is 0 Å². The fourth-order valence-electron chi connectivity index (χ4n) is 1.67. The highest BCUT2D eigenvalue weighted by Crippen LogP contribution is 2.18. The third-order valence-corrected chi connectivity index (χ3v) is 2.40. The number of hydrogen-bond acceptors (Lipinski definition) is 2. The molecule has 18 heavy (non-hydrogen) atoms. The zero-order valence-corrected chi connectivity index (χ0v) is 9.56. The summed E-state index contributed by atoms with van der Waals surface area (Å²) in [6, 6.07) is 13.1. The molecule has 2 N–H and O–H groups in total. The highest BCUT2D eigenvalue weighted by Gasteiger charge is 2.02. The predicted molar refractivity (Wildman–Crippen MR) is 67.5 cm³/mol. The van der Waals surface area contributed by atoms with Crippen LogP contribution in [0, 0.1) is 5.82 Å². The predicted octanol–water partition coefficient (Wildman–Crippen LogP) is 3.20. The molecule has 2 aromatic carbocycles. The number of anilines is 2. The topological polar surface area (TPSA) is 49.3 Å². The maximum Gasteiger partial charge on any atom is 0.307 e. The Hall–Kier alpha value is -2.36. The van der Waals surface area contributed by atoms with Gasteiger partial charge in [-0.15, -0.1) is 0 Å². The van der Waals surface area contributed by atoms with Gasteiger partial charge in [0.2, 0.25) is 0 Å². The van der Waals surface area contributed by atoms with E-state index < -0.39 is 5.97 Å². The van der Waals surface area contributed by atoms with Crippen LogP contribution < -0.4 is 5.32 Å². The molecule has 0 heterocycles. The Morgan fingerprint density at radius 1 is 1.11 bits per heavy atom. The van der Waals surface area contributed by atoms with E-state index in [9.17, 15) is 9.18 Å². The lowest BCUT2D eigenvalue weighted by Gasteiger charge is -2.07. The Bertz CT molecular complexity index is 569. The maximum absolute atomic E-state index is 13.0. The van der Waals surface area contributed by atoms with E-state index in [1.54, 1.807) is 36.4 Å². The number of carboxylic acids is 1. The highest BCUT2D eigenvalue weighted by molar-refractivity contribution is 5.71. The first-order valence-corrected chi connectivity index (χ1v) is 5.47. The Morgan fingerprint density at radius 3 is 2.44 bits per heavy atom. The SMILES string of the molecule is O=C(O)Cc1cccc(Nc2cccc(F)c2)c1. The summed E-state index contributed by atoms with van der Waals surface area (Å²) in [7, 11) is 0. The summed E-state index contributed by atoms with van der Waals surface area (Å²) >= 11 is 0. The lowest BCUT2D eigenvalue weighted by molar-refractivity contribution is -0.136. The second-order valence-corrected chi connectivity index (χ2v) is 3.91. The highest BCUT2D eigenvalue weighted by atomic mass is 19.1. The van der Waals surface area contributed by atoms with Gasteiger partial charge in [0.05, 0.1) is 6.42 Å². The summed E-state index contributed by atoms with van der Waals surface area (Å²) < 4.78 is 13.0. The quantitative estimate of drug-likeness (QED) is 0.869. The summed E-state index contributed by atoms with van der Waals surface area (Å²) in [4.78, 5) is 10.6. The molecule has 2 aromatic rings. The number of nitrogens with one attached hydrogen (secondary N) is 1. The average Bonchev–Trinajstić information content (AvgIpc) is 2.28. The van der Waals surface area contributed by atoms with Crippen molar-refractivity contribution in [2.75, 3.05) is 5.32 Å². The van der Waals surface area contributed by atoms with E-state index in [2.05, 4.69) is 5.32 Å². The average molecular weight is 245 g/mol. The van der Waals surface area contributed by atoms with E-state index in [1.165, 1.54) is 12.1 Å². The van der Waals surface area contributed by atoms with Gasteiger partial charge in [0, 0.05) is 11.4 Å². The third-order valence-electron chi connectivity index (χ3n) is 2.40. The number of hydrogen-bond donors (Lipinski definition) is 2. The second-order valence-electron chi connectivity index (χ2n) is 3.91. The number of halogens is 1. The molecule has 3 nitrogen and oxygen atoms in total. The van der Waals surface area contributed by atoms with E-state index in [-0.39, 0.29) is 12.2 Å². The van der Waals surface area contributed by atoms with Crippen LogP contribution in [0.1, 0.15) is 5.56 Å². The van der Waals surface area contributed by atoms with Crippen LogP contribution in [0.25, 0.3) is 0 Å². The van der Waals surface area contributed by atoms with Gasteiger partial charge in [-0.25, -0.2) is 4.39 Å². The molecule has 0 unspecified atom stereocenters. The van der Waals surface area contributed by atoms with Crippen LogP contribution in [0.15, 0.2) is 48.5 Å². The standard InChI is InChI=1S/C14H12FNO2/c15-11-4-2-6-13(9-11)16-12-5-1-3-10(7-12)8-14(17)18/h1-7,9,16H,8H2,(H,17,18). The summed E-state index contributed by atoms with van der Waals surface area (Å²) in [5, 5.41) is 11.7. The first kappa shape index (κ1) is 12.1.